The van der Waals surface area contributed by atoms with E-state index in [-0.39, 0.29) is 109 Å². The normalized spacial score (nSPS) is 14.1. The lowest BCUT2D eigenvalue weighted by molar-refractivity contribution is 0.0523. The summed E-state index contributed by atoms with van der Waals surface area (Å²) in [5.74, 6) is 0.153. The fraction of sp³-hybridized carbons (Fsp3) is 0.642. The molecule has 2 aliphatic heterocycles. The molecule has 0 unspecified atom stereocenters. The zero-order valence-corrected chi connectivity index (χ0v) is 56.7. The number of phenols is 1. The number of rotatable bonds is 35. The first-order chi connectivity index (χ1) is 38.7. The number of hydrogen-bond acceptors (Lipinski definition) is 20. The second-order valence-corrected chi connectivity index (χ2v) is 40.7. The van der Waals surface area contributed by atoms with E-state index in [2.05, 4.69) is 53.4 Å². The summed E-state index contributed by atoms with van der Waals surface area (Å²) in [5.41, 5.74) is 5.55. The lowest BCUT2D eigenvalue weighted by Crippen LogP contribution is -2.46. The van der Waals surface area contributed by atoms with E-state index in [0.717, 1.165) is 17.2 Å². The number of aromatic hydroxyl groups is 1. The molecule has 0 fully saturated rings. The van der Waals surface area contributed by atoms with E-state index in [1.165, 1.54) is 7.11 Å². The minimum absolute atomic E-state index is 0.00104. The zero-order valence-electron chi connectivity index (χ0n) is 51.2. The maximum absolute atomic E-state index is 13.5. The van der Waals surface area contributed by atoms with E-state index in [1.807, 2.05) is 6.92 Å². The maximum atomic E-state index is 13.5. The van der Waals surface area contributed by atoms with Crippen LogP contribution in [0.4, 0.5) is 4.79 Å². The summed E-state index contributed by atoms with van der Waals surface area (Å²) < 4.78 is 139. The number of nitrogens with zero attached hydrogens (tertiary/aromatic N) is 1. The predicted octanol–water partition coefficient (Wildman–Crippen LogP) is 9.32. The van der Waals surface area contributed by atoms with Gasteiger partial charge < -0.3 is 51.6 Å². The molecule has 2 aliphatic rings. The summed E-state index contributed by atoms with van der Waals surface area (Å²) in [6.07, 6.45) is 2.58. The van der Waals surface area contributed by atoms with E-state index in [9.17, 15) is 45.5 Å². The second kappa shape index (κ2) is 32.5. The van der Waals surface area contributed by atoms with Crippen LogP contribution >= 0.6 is 15.2 Å². The molecular formula is C53H90N4O20P2S2Si2. The van der Waals surface area contributed by atoms with Crippen molar-refractivity contribution in [3.05, 3.63) is 67.8 Å². The number of cyclic esters (lactones) is 2. The maximum Gasteiger partial charge on any atom is 0.424 e. The smallest absolute Gasteiger partial charge is 0.424 e. The monoisotopic (exact) mass is 1280 g/mol. The highest BCUT2D eigenvalue weighted by molar-refractivity contribution is 7.87. The summed E-state index contributed by atoms with van der Waals surface area (Å²) in [5, 5.41) is 10.7. The van der Waals surface area contributed by atoms with E-state index < -0.39 is 69.8 Å². The van der Waals surface area contributed by atoms with Gasteiger partial charge in [-0.1, -0.05) is 62.6 Å². The molecule has 0 saturated carbocycles. The van der Waals surface area contributed by atoms with Crippen LogP contribution in [0.5, 0.6) is 23.0 Å². The van der Waals surface area contributed by atoms with Gasteiger partial charge in [-0.15, -0.1) is 0 Å². The molecule has 0 aliphatic carbocycles. The standard InChI is InChI=1S/C32H57N2O11PSSi2.C21H33N2O9PS/c1-12-44-46(37,45-13-2)19-16-33-47(38,39)34(32(36)42-18-21-49(9,10)11)22-24(3)14-15-26-29(40-5)25(4)27-23-43-31(35)28(27)30(26)41-17-20-48(6,7)8;1-6-31-33(26,32-7-2)11-10-22-34(27,28)23-12-14(3)8-9-16-19(24)18-17(13-30-21(18)25)15(4)20(16)29-5/h14,33H,12-13,15-23H2,1-11H3;8,22-24H,6-7,9-13H2,1-5H3/b24-14+;14-8+. The first kappa shape index (κ1) is 73.1. The molecule has 83 heavy (non-hydrogen) atoms. The van der Waals surface area contributed by atoms with Gasteiger partial charge in [-0.2, -0.15) is 30.6 Å². The lowest BCUT2D eigenvalue weighted by atomic mass is 9.95. The van der Waals surface area contributed by atoms with Crippen LogP contribution in [0.2, 0.25) is 51.4 Å². The van der Waals surface area contributed by atoms with Gasteiger partial charge in [0.1, 0.15) is 47.3 Å². The summed E-state index contributed by atoms with van der Waals surface area (Å²) >= 11 is 0. The van der Waals surface area contributed by atoms with Crippen LogP contribution in [0.3, 0.4) is 0 Å². The third kappa shape index (κ3) is 22.3. The summed E-state index contributed by atoms with van der Waals surface area (Å²) in [6.45, 7) is 27.4. The van der Waals surface area contributed by atoms with Crippen LogP contribution in [0.15, 0.2) is 23.3 Å². The number of benzene rings is 2. The number of carbonyl (C=O) groups excluding carboxylic acids is 3. The van der Waals surface area contributed by atoms with E-state index in [1.54, 1.807) is 67.7 Å². The molecule has 2 heterocycles. The minimum Gasteiger partial charge on any atom is -0.507 e. The van der Waals surface area contributed by atoms with Crippen LogP contribution in [0.25, 0.3) is 0 Å². The van der Waals surface area contributed by atoms with Crippen LogP contribution < -0.4 is 28.4 Å². The predicted molar refractivity (Wildman–Crippen MR) is 323 cm³/mol. The molecule has 1 amide bonds. The molecular weight excluding hydrogens is 1190 g/mol. The van der Waals surface area contributed by atoms with Gasteiger partial charge in [0.05, 0.1) is 72.7 Å². The summed E-state index contributed by atoms with van der Waals surface area (Å²) in [7, 11) is -15.2. The van der Waals surface area contributed by atoms with Gasteiger partial charge in [-0.3, -0.25) is 9.13 Å². The molecule has 0 bridgehead atoms. The van der Waals surface area contributed by atoms with Gasteiger partial charge in [-0.25, -0.2) is 19.1 Å². The Bertz CT molecular complexity index is 2960. The van der Waals surface area contributed by atoms with Crippen molar-refractivity contribution in [2.24, 2.45) is 0 Å². The number of methoxy groups -OCH3 is 2. The number of carbonyl (C=O) groups is 3. The largest absolute Gasteiger partial charge is 0.507 e. The molecule has 24 nitrogen and oxygen atoms in total. The Labute approximate surface area is 493 Å². The van der Waals surface area contributed by atoms with Crippen molar-refractivity contribution in [3.63, 3.8) is 0 Å². The quantitative estimate of drug-likeness (QED) is 0.0164. The zero-order chi connectivity index (χ0) is 62.7. The van der Waals surface area contributed by atoms with Crippen LogP contribution in [-0.4, -0.2) is 153 Å². The molecule has 0 saturated heterocycles. The number of fused-ring (bicyclic) bond motifs is 2. The van der Waals surface area contributed by atoms with Gasteiger partial charge >= 0.3 is 43.4 Å². The third-order valence-electron chi connectivity index (χ3n) is 12.8. The number of allylic oxidation sites excluding steroid dienone is 2. The number of esters is 2. The number of nitrogens with one attached hydrogen (secondary N) is 3. The van der Waals surface area contributed by atoms with Crippen molar-refractivity contribution in [2.45, 2.75) is 133 Å². The molecule has 2 aromatic rings. The van der Waals surface area contributed by atoms with E-state index in [4.69, 9.17) is 46.5 Å². The summed E-state index contributed by atoms with van der Waals surface area (Å²) in [6, 6.07) is 1.52. The molecule has 0 spiro atoms. The van der Waals surface area contributed by atoms with Crippen LogP contribution in [-0.2, 0) is 87.9 Å². The van der Waals surface area contributed by atoms with Gasteiger partial charge in [0.15, 0.2) is 0 Å². The van der Waals surface area contributed by atoms with E-state index in [0.29, 0.717) is 73.2 Å². The average molecular weight is 1290 g/mol. The fourth-order valence-electron chi connectivity index (χ4n) is 8.42. The Balaban J connectivity index is 0.000000464. The van der Waals surface area contributed by atoms with Crippen molar-refractivity contribution in [2.75, 3.05) is 92.4 Å². The van der Waals surface area contributed by atoms with Crippen LogP contribution in [0.1, 0.15) is 95.6 Å². The molecule has 0 aromatic heterocycles. The Morgan fingerprint density at radius 3 is 1.60 bits per heavy atom. The minimum atomic E-state index is -4.45. The van der Waals surface area contributed by atoms with Crippen molar-refractivity contribution in [3.8, 4) is 23.0 Å². The Hall–Kier alpha value is -4.16. The van der Waals surface area contributed by atoms with Crippen molar-refractivity contribution in [1.29, 1.82) is 0 Å². The lowest BCUT2D eigenvalue weighted by Gasteiger charge is -2.24. The van der Waals surface area contributed by atoms with Crippen molar-refractivity contribution in [1.82, 2.24) is 18.5 Å². The van der Waals surface area contributed by atoms with Crippen molar-refractivity contribution >= 4 is 69.8 Å². The molecule has 4 rings (SSSR count). The fourth-order valence-corrected chi connectivity index (χ4v) is 15.2. The Kier molecular flexibility index (Phi) is 28.7. The number of ether oxygens (including phenoxy) is 6. The number of amides is 1. The number of phenolic OH excluding ortho intramolecular Hbond substituents is 1. The van der Waals surface area contributed by atoms with E-state index >= 15 is 0 Å². The SMILES string of the molecule is CCOP(=O)(CCNS(=O)(=O)N(C/C(C)=C/Cc1c(OC)c(C)c2c(c1OCC[Si](C)(C)C)C(=O)OC2)C(=O)OCC[Si](C)(C)C)OCC.CCOP(=O)(CCNS(=O)(=O)NC/C(C)=C/Cc1c(O)c2c(c(C)c1OC)COC2=O)OCC. The topological polar surface area (TPSA) is 305 Å². The van der Waals surface area contributed by atoms with Gasteiger partial charge in [0, 0.05) is 58.0 Å². The summed E-state index contributed by atoms with van der Waals surface area (Å²) in [4.78, 5) is 38.2. The van der Waals surface area contributed by atoms with Gasteiger partial charge in [0.25, 0.3) is 10.2 Å². The Morgan fingerprint density at radius 1 is 0.663 bits per heavy atom. The average Bonchev–Trinajstić information content (AvgIpc) is 3.77. The third-order valence-corrected chi connectivity index (χ3v) is 22.9. The molecule has 30 heteroatoms. The molecule has 0 atom stereocenters. The molecule has 472 valence electrons. The Morgan fingerprint density at radius 2 is 1.11 bits per heavy atom. The highest BCUT2D eigenvalue weighted by Crippen LogP contribution is 2.49. The number of hydrogen-bond donors (Lipinski definition) is 4. The molecule has 0 radical (unpaired) electrons. The molecule has 2 aromatic carbocycles. The highest BCUT2D eigenvalue weighted by atomic mass is 32.2. The van der Waals surface area contributed by atoms with Gasteiger partial charge in [0.2, 0.25) is 0 Å². The van der Waals surface area contributed by atoms with Crippen molar-refractivity contribution < 1.29 is 92.0 Å². The molecule has 4 N–H and O–H groups in total. The highest BCUT2D eigenvalue weighted by Gasteiger charge is 2.36. The van der Waals surface area contributed by atoms with Crippen LogP contribution in [0, 0.1) is 13.8 Å². The first-order valence-corrected chi connectivity index (χ1v) is 41.3. The second-order valence-electron chi connectivity index (χ2n) is 21.9. The first-order valence-electron chi connectivity index (χ1n) is 27.5. The van der Waals surface area contributed by atoms with Gasteiger partial charge in [-0.05, 0) is 91.4 Å².